The topological polar surface area (TPSA) is 136 Å². The molecular weight excluding hydrogens is 442 g/mol. The van der Waals surface area contributed by atoms with Crippen molar-refractivity contribution in [2.75, 3.05) is 16.8 Å². The number of nitro groups is 1. The Labute approximate surface area is 194 Å². The van der Waals surface area contributed by atoms with Gasteiger partial charge in [0, 0.05) is 17.8 Å². The normalized spacial score (nSPS) is 24.8. The van der Waals surface area contributed by atoms with Gasteiger partial charge in [0.05, 0.1) is 28.0 Å². The molecule has 0 spiro atoms. The maximum absolute atomic E-state index is 12.9. The first kappa shape index (κ1) is 21.7. The number of ether oxygens (including phenoxy) is 1. The van der Waals surface area contributed by atoms with E-state index < -0.39 is 23.4 Å². The highest BCUT2D eigenvalue weighted by atomic mass is 16.6. The Morgan fingerprint density at radius 2 is 1.68 bits per heavy atom. The number of nitro benzene ring substituents is 1. The summed E-state index contributed by atoms with van der Waals surface area (Å²) >= 11 is 0. The number of esters is 1. The van der Waals surface area contributed by atoms with Crippen molar-refractivity contribution in [1.82, 2.24) is 0 Å². The molecule has 1 N–H and O–H groups in total. The SMILES string of the molecule is O=C(COC(=O)c1ccc(N2C(=O)[C@@H]3[C@H]4CC[C@@H](C4)[C@H]3C2=O)cc1)Nc1cccc([N+](=O)[O-])c1. The minimum absolute atomic E-state index is 0.157. The van der Waals surface area contributed by atoms with Gasteiger partial charge >= 0.3 is 5.97 Å². The van der Waals surface area contributed by atoms with Crippen molar-refractivity contribution in [2.24, 2.45) is 23.7 Å². The monoisotopic (exact) mass is 463 g/mol. The van der Waals surface area contributed by atoms with Gasteiger partial charge in [-0.05, 0) is 61.4 Å². The number of carbonyl (C=O) groups excluding carboxylic acids is 4. The van der Waals surface area contributed by atoms with Crippen molar-refractivity contribution in [3.63, 3.8) is 0 Å². The minimum Gasteiger partial charge on any atom is -0.452 e. The molecule has 2 bridgehead atoms. The van der Waals surface area contributed by atoms with Gasteiger partial charge in [0.25, 0.3) is 11.6 Å². The van der Waals surface area contributed by atoms with Crippen LogP contribution in [0.3, 0.4) is 0 Å². The Kier molecular flexibility index (Phi) is 5.35. The number of nitrogens with one attached hydrogen (secondary N) is 1. The molecule has 0 radical (unpaired) electrons. The second kappa shape index (κ2) is 8.36. The van der Waals surface area contributed by atoms with Crippen LogP contribution >= 0.6 is 0 Å². The van der Waals surface area contributed by atoms with Gasteiger partial charge in [0.2, 0.25) is 11.8 Å². The lowest BCUT2D eigenvalue weighted by atomic mass is 9.81. The number of benzene rings is 2. The van der Waals surface area contributed by atoms with Gasteiger partial charge in [-0.25, -0.2) is 4.79 Å². The zero-order valence-corrected chi connectivity index (χ0v) is 18.0. The molecule has 1 saturated heterocycles. The van der Waals surface area contributed by atoms with Crippen LogP contribution in [0.15, 0.2) is 48.5 Å². The highest BCUT2D eigenvalue weighted by Crippen LogP contribution is 2.56. The summed E-state index contributed by atoms with van der Waals surface area (Å²) in [5.41, 5.74) is 0.605. The van der Waals surface area contributed by atoms with E-state index in [0.29, 0.717) is 17.5 Å². The molecule has 3 fully saturated rings. The standard InChI is InChI=1S/C24H21N3O7/c28-19(25-16-2-1-3-18(11-16)27(32)33)12-34-24(31)13-6-8-17(9-7-13)26-22(29)20-14-4-5-15(10-14)21(20)23(26)30/h1-3,6-9,11,14-15,20-21H,4-5,10,12H2,(H,25,28)/t14-,15-,20+,21+/m0/s1. The summed E-state index contributed by atoms with van der Waals surface area (Å²) in [6.45, 7) is -0.585. The second-order valence-electron chi connectivity index (χ2n) is 8.88. The maximum atomic E-state index is 12.9. The molecule has 0 unspecified atom stereocenters. The third-order valence-electron chi connectivity index (χ3n) is 6.96. The van der Waals surface area contributed by atoms with Crippen molar-refractivity contribution >= 4 is 40.8 Å². The zero-order valence-electron chi connectivity index (χ0n) is 18.0. The summed E-state index contributed by atoms with van der Waals surface area (Å²) in [7, 11) is 0. The summed E-state index contributed by atoms with van der Waals surface area (Å²) in [6.07, 6.45) is 2.95. The highest BCUT2D eigenvalue weighted by Gasteiger charge is 2.61. The van der Waals surface area contributed by atoms with Crippen LogP contribution in [-0.4, -0.2) is 35.2 Å². The first-order chi connectivity index (χ1) is 16.3. The number of carbonyl (C=O) groups is 4. The predicted molar refractivity (Wildman–Crippen MR) is 119 cm³/mol. The first-order valence-electron chi connectivity index (χ1n) is 11.0. The molecule has 2 aliphatic carbocycles. The van der Waals surface area contributed by atoms with Crippen LogP contribution < -0.4 is 10.2 Å². The van der Waals surface area contributed by atoms with Crippen LogP contribution in [0.5, 0.6) is 0 Å². The lowest BCUT2D eigenvalue weighted by molar-refractivity contribution is -0.384. The fourth-order valence-electron chi connectivity index (χ4n) is 5.52. The molecule has 3 aliphatic rings. The van der Waals surface area contributed by atoms with Crippen LogP contribution in [0.1, 0.15) is 29.6 Å². The van der Waals surface area contributed by atoms with E-state index in [1.54, 1.807) is 0 Å². The predicted octanol–water partition coefficient (Wildman–Crippen LogP) is 2.93. The fourth-order valence-corrected chi connectivity index (χ4v) is 5.52. The first-order valence-corrected chi connectivity index (χ1v) is 11.0. The molecule has 0 aromatic heterocycles. The molecule has 3 amide bonds. The van der Waals surface area contributed by atoms with Crippen LogP contribution in [0.4, 0.5) is 17.1 Å². The van der Waals surface area contributed by atoms with E-state index in [-0.39, 0.29) is 40.6 Å². The van der Waals surface area contributed by atoms with Crippen LogP contribution in [0.25, 0.3) is 0 Å². The van der Waals surface area contributed by atoms with Gasteiger partial charge < -0.3 is 10.1 Å². The summed E-state index contributed by atoms with van der Waals surface area (Å²) in [6, 6.07) is 11.3. The van der Waals surface area contributed by atoms with Gasteiger partial charge in [-0.3, -0.25) is 29.4 Å². The molecule has 10 heteroatoms. The Morgan fingerprint density at radius 3 is 2.29 bits per heavy atom. The van der Waals surface area contributed by atoms with E-state index in [1.807, 2.05) is 0 Å². The molecule has 174 valence electrons. The third-order valence-corrected chi connectivity index (χ3v) is 6.96. The molecule has 2 aromatic rings. The van der Waals surface area contributed by atoms with Crippen LogP contribution in [0, 0.1) is 33.8 Å². The average Bonchev–Trinajstić information content (AvgIpc) is 3.51. The largest absolute Gasteiger partial charge is 0.452 e. The summed E-state index contributed by atoms with van der Waals surface area (Å²) in [4.78, 5) is 61.7. The number of hydrogen-bond donors (Lipinski definition) is 1. The van der Waals surface area contributed by atoms with E-state index in [9.17, 15) is 29.3 Å². The van der Waals surface area contributed by atoms with Crippen LogP contribution in [0.2, 0.25) is 0 Å². The molecule has 2 saturated carbocycles. The van der Waals surface area contributed by atoms with Gasteiger partial charge in [-0.2, -0.15) is 0 Å². The molecule has 5 rings (SSSR count). The molecular formula is C24H21N3O7. The molecule has 10 nitrogen and oxygen atoms in total. The number of hydrogen-bond acceptors (Lipinski definition) is 7. The molecule has 1 aliphatic heterocycles. The van der Waals surface area contributed by atoms with E-state index in [0.717, 1.165) is 19.3 Å². The van der Waals surface area contributed by atoms with Crippen molar-refractivity contribution in [2.45, 2.75) is 19.3 Å². The van der Waals surface area contributed by atoms with E-state index in [2.05, 4.69) is 5.32 Å². The van der Waals surface area contributed by atoms with Crippen molar-refractivity contribution in [3.8, 4) is 0 Å². The van der Waals surface area contributed by atoms with E-state index >= 15 is 0 Å². The van der Waals surface area contributed by atoms with Gasteiger partial charge in [0.1, 0.15) is 0 Å². The maximum Gasteiger partial charge on any atom is 0.338 e. The number of amides is 3. The second-order valence-corrected chi connectivity index (χ2v) is 8.88. The molecule has 34 heavy (non-hydrogen) atoms. The molecule has 1 heterocycles. The Bertz CT molecular complexity index is 1180. The lowest BCUT2D eigenvalue weighted by Crippen LogP contribution is -2.32. The molecule has 2 aromatic carbocycles. The Hall–Kier alpha value is -4.08. The minimum atomic E-state index is -0.755. The van der Waals surface area contributed by atoms with E-state index in [1.165, 1.54) is 53.4 Å². The number of anilines is 2. The number of non-ortho nitro benzene ring substituents is 1. The highest BCUT2D eigenvalue weighted by molar-refractivity contribution is 6.22. The summed E-state index contributed by atoms with van der Waals surface area (Å²) in [5.74, 6) is -1.58. The summed E-state index contributed by atoms with van der Waals surface area (Å²) in [5, 5.41) is 13.2. The third kappa shape index (κ3) is 3.70. The smallest absolute Gasteiger partial charge is 0.338 e. The Morgan fingerprint density at radius 1 is 1.03 bits per heavy atom. The van der Waals surface area contributed by atoms with Gasteiger partial charge in [-0.15, -0.1) is 0 Å². The Balaban J connectivity index is 1.19. The number of nitrogens with zero attached hydrogens (tertiary/aromatic N) is 2. The van der Waals surface area contributed by atoms with Gasteiger partial charge in [0.15, 0.2) is 6.61 Å². The van der Waals surface area contributed by atoms with Crippen LogP contribution in [-0.2, 0) is 19.1 Å². The van der Waals surface area contributed by atoms with Crippen molar-refractivity contribution in [1.29, 1.82) is 0 Å². The van der Waals surface area contributed by atoms with E-state index in [4.69, 9.17) is 4.74 Å². The number of rotatable bonds is 6. The van der Waals surface area contributed by atoms with Crippen molar-refractivity contribution in [3.05, 3.63) is 64.2 Å². The summed E-state index contributed by atoms with van der Waals surface area (Å²) < 4.78 is 5.01. The number of imide groups is 1. The quantitative estimate of drug-likeness (QED) is 0.301. The zero-order chi connectivity index (χ0) is 24.0. The number of fused-ring (bicyclic) bond motifs is 5. The molecule has 4 atom stereocenters. The van der Waals surface area contributed by atoms with Gasteiger partial charge in [-0.1, -0.05) is 6.07 Å². The fraction of sp³-hybridized carbons (Fsp3) is 0.333. The average molecular weight is 463 g/mol. The van der Waals surface area contributed by atoms with Crippen molar-refractivity contribution < 1.29 is 28.8 Å². The lowest BCUT2D eigenvalue weighted by Gasteiger charge is -2.19.